The molecule has 1 heteroatoms. The maximum absolute atomic E-state index is 9.88. The molecule has 0 radical (unpaired) electrons. The summed E-state index contributed by atoms with van der Waals surface area (Å²) in [6.07, 6.45) is 15.3. The zero-order valence-corrected chi connectivity index (χ0v) is 17.2. The highest BCUT2D eigenvalue weighted by Crippen LogP contribution is 2.33. The van der Waals surface area contributed by atoms with Crippen molar-refractivity contribution in [2.75, 3.05) is 0 Å². The van der Waals surface area contributed by atoms with E-state index in [0.717, 1.165) is 12.0 Å². The van der Waals surface area contributed by atoms with Crippen LogP contribution in [0, 0.1) is 5.92 Å². The predicted molar refractivity (Wildman–Crippen MR) is 116 cm³/mol. The van der Waals surface area contributed by atoms with Crippen LogP contribution >= 0.6 is 0 Å². The summed E-state index contributed by atoms with van der Waals surface area (Å²) < 4.78 is 0. The van der Waals surface area contributed by atoms with E-state index in [2.05, 4.69) is 63.3 Å². The maximum Gasteiger partial charge on any atom is 0.0894 e. The van der Waals surface area contributed by atoms with Gasteiger partial charge in [-0.15, -0.1) is 0 Å². The van der Waals surface area contributed by atoms with Crippen molar-refractivity contribution < 1.29 is 5.11 Å². The first-order valence-corrected chi connectivity index (χ1v) is 9.47. The third kappa shape index (κ3) is 7.31. The van der Waals surface area contributed by atoms with Gasteiger partial charge in [-0.05, 0) is 62.8 Å². The third-order valence-corrected chi connectivity index (χ3v) is 4.15. The molecule has 0 spiro atoms. The van der Waals surface area contributed by atoms with E-state index in [1.807, 2.05) is 38.2 Å². The number of hydrogen-bond donors (Lipinski definition) is 1. The molecule has 140 valence electrons. The summed E-state index contributed by atoms with van der Waals surface area (Å²) in [5.41, 5.74) is 4.93. The van der Waals surface area contributed by atoms with Crippen LogP contribution < -0.4 is 0 Å². The van der Waals surface area contributed by atoms with Crippen LogP contribution in [-0.2, 0) is 6.42 Å². The molecule has 0 aliphatic rings. The van der Waals surface area contributed by atoms with E-state index in [4.69, 9.17) is 0 Å². The Labute approximate surface area is 160 Å². The standard InChI is InChI=1S/C25H34O/c1-7-9-11-20(5)25(24(12-10-8-2)18-21(6)26)23-15-13-22(14-16-23)17-19(3)4/h7-16,18-19,25-26H,17H2,1-6H3/b9-7-,10-8-,20-11+,21-18+,24-12+. The van der Waals surface area contributed by atoms with Gasteiger partial charge in [-0.1, -0.05) is 80.1 Å². The summed E-state index contributed by atoms with van der Waals surface area (Å²) in [7, 11) is 0. The lowest BCUT2D eigenvalue weighted by atomic mass is 9.83. The highest BCUT2D eigenvalue weighted by molar-refractivity contribution is 5.45. The Hall–Kier alpha value is -2.28. The third-order valence-electron chi connectivity index (χ3n) is 4.15. The molecule has 0 bridgehead atoms. The second-order valence-corrected chi connectivity index (χ2v) is 7.19. The van der Waals surface area contributed by atoms with Crippen molar-refractivity contribution >= 4 is 0 Å². The second-order valence-electron chi connectivity index (χ2n) is 7.19. The van der Waals surface area contributed by atoms with Crippen LogP contribution in [0.25, 0.3) is 0 Å². The summed E-state index contributed by atoms with van der Waals surface area (Å²) >= 11 is 0. The maximum atomic E-state index is 9.88. The van der Waals surface area contributed by atoms with Gasteiger partial charge in [-0.2, -0.15) is 0 Å². The van der Waals surface area contributed by atoms with Crippen molar-refractivity contribution in [3.05, 3.63) is 94.8 Å². The SMILES string of the molecule is C\C=C/C=C(\C=C(/C)O)C(/C(C)=C/C=C\C)c1ccc(CC(C)C)cc1. The zero-order valence-electron chi connectivity index (χ0n) is 17.2. The van der Waals surface area contributed by atoms with Gasteiger partial charge in [0.25, 0.3) is 0 Å². The van der Waals surface area contributed by atoms with Crippen LogP contribution in [0.3, 0.4) is 0 Å². The predicted octanol–water partition coefficient (Wildman–Crippen LogP) is 7.46. The normalized spacial score (nSPS) is 15.4. The number of allylic oxidation sites excluding steroid dienone is 10. The molecule has 1 unspecified atom stereocenters. The van der Waals surface area contributed by atoms with Crippen LogP contribution in [0.2, 0.25) is 0 Å². The summed E-state index contributed by atoms with van der Waals surface area (Å²) in [4.78, 5) is 0. The number of rotatable bonds is 8. The zero-order chi connectivity index (χ0) is 19.5. The number of benzene rings is 1. The number of hydrogen-bond acceptors (Lipinski definition) is 1. The van der Waals surface area contributed by atoms with Crippen LogP contribution in [0.1, 0.15) is 58.6 Å². The number of aliphatic hydroxyl groups is 1. The van der Waals surface area contributed by atoms with Crippen molar-refractivity contribution in [1.29, 1.82) is 0 Å². The van der Waals surface area contributed by atoms with E-state index in [-0.39, 0.29) is 5.92 Å². The molecular weight excluding hydrogens is 316 g/mol. The summed E-state index contributed by atoms with van der Waals surface area (Å²) in [6, 6.07) is 8.90. The first kappa shape index (κ1) is 21.8. The average molecular weight is 351 g/mol. The van der Waals surface area contributed by atoms with Gasteiger partial charge in [0.2, 0.25) is 0 Å². The van der Waals surface area contributed by atoms with Crippen LogP contribution in [0.4, 0.5) is 0 Å². The fourth-order valence-electron chi connectivity index (χ4n) is 3.06. The Morgan fingerprint density at radius 3 is 2.04 bits per heavy atom. The van der Waals surface area contributed by atoms with Gasteiger partial charge in [0.1, 0.15) is 0 Å². The van der Waals surface area contributed by atoms with Gasteiger partial charge in [0.05, 0.1) is 5.76 Å². The van der Waals surface area contributed by atoms with Gasteiger partial charge in [0, 0.05) is 5.92 Å². The summed E-state index contributed by atoms with van der Waals surface area (Å²) in [5.74, 6) is 1.08. The molecule has 1 aromatic carbocycles. The molecule has 0 aliphatic heterocycles. The summed E-state index contributed by atoms with van der Waals surface area (Å²) in [5, 5.41) is 9.88. The Kier molecular flexibility index (Phi) is 9.51. The molecule has 1 N–H and O–H groups in total. The lowest BCUT2D eigenvalue weighted by Crippen LogP contribution is -2.05. The van der Waals surface area contributed by atoms with E-state index in [1.54, 1.807) is 6.92 Å². The second kappa shape index (κ2) is 11.4. The van der Waals surface area contributed by atoms with Gasteiger partial charge < -0.3 is 5.11 Å². The fourth-order valence-corrected chi connectivity index (χ4v) is 3.06. The molecule has 1 atom stereocenters. The van der Waals surface area contributed by atoms with Crippen molar-refractivity contribution in [2.45, 2.75) is 53.9 Å². The first-order valence-electron chi connectivity index (χ1n) is 9.47. The monoisotopic (exact) mass is 350 g/mol. The van der Waals surface area contributed by atoms with Crippen molar-refractivity contribution in [2.24, 2.45) is 5.92 Å². The lowest BCUT2D eigenvalue weighted by Gasteiger charge is -2.21. The topological polar surface area (TPSA) is 20.2 Å². The lowest BCUT2D eigenvalue weighted by molar-refractivity contribution is 0.413. The Morgan fingerprint density at radius 1 is 0.962 bits per heavy atom. The van der Waals surface area contributed by atoms with Gasteiger partial charge in [0.15, 0.2) is 0 Å². The molecule has 0 heterocycles. The molecule has 1 nitrogen and oxygen atoms in total. The molecule has 1 rings (SSSR count). The molecule has 0 aromatic heterocycles. The average Bonchev–Trinajstić information content (AvgIpc) is 2.58. The van der Waals surface area contributed by atoms with E-state index < -0.39 is 0 Å². The molecular formula is C25H34O. The Bertz CT molecular complexity index is 690. The molecule has 0 saturated heterocycles. The van der Waals surface area contributed by atoms with Crippen LogP contribution in [-0.4, -0.2) is 5.11 Å². The first-order chi connectivity index (χ1) is 12.4. The minimum absolute atomic E-state index is 0.109. The molecule has 0 fully saturated rings. The summed E-state index contributed by atoms with van der Waals surface area (Å²) in [6.45, 7) is 12.4. The highest BCUT2D eigenvalue weighted by Gasteiger charge is 2.17. The molecule has 0 saturated carbocycles. The molecule has 1 aromatic rings. The molecule has 0 aliphatic carbocycles. The quantitative estimate of drug-likeness (QED) is 0.381. The molecule has 26 heavy (non-hydrogen) atoms. The van der Waals surface area contributed by atoms with E-state index in [0.29, 0.717) is 11.7 Å². The van der Waals surface area contributed by atoms with Gasteiger partial charge in [-0.25, -0.2) is 0 Å². The smallest absolute Gasteiger partial charge is 0.0894 e. The van der Waals surface area contributed by atoms with Crippen molar-refractivity contribution in [3.8, 4) is 0 Å². The van der Waals surface area contributed by atoms with E-state index >= 15 is 0 Å². The Balaban J connectivity index is 3.42. The minimum Gasteiger partial charge on any atom is -0.513 e. The van der Waals surface area contributed by atoms with Gasteiger partial charge in [-0.3, -0.25) is 0 Å². The number of aliphatic hydroxyl groups excluding tert-OH is 1. The van der Waals surface area contributed by atoms with Crippen LogP contribution in [0.5, 0.6) is 0 Å². The van der Waals surface area contributed by atoms with Crippen LogP contribution in [0.15, 0.2) is 83.7 Å². The van der Waals surface area contributed by atoms with Gasteiger partial charge >= 0.3 is 0 Å². The fraction of sp³-hybridized carbons (Fsp3) is 0.360. The van der Waals surface area contributed by atoms with E-state index in [1.165, 1.54) is 16.7 Å². The highest BCUT2D eigenvalue weighted by atomic mass is 16.3. The Morgan fingerprint density at radius 2 is 1.54 bits per heavy atom. The minimum atomic E-state index is 0.109. The van der Waals surface area contributed by atoms with E-state index in [9.17, 15) is 5.11 Å². The largest absolute Gasteiger partial charge is 0.513 e. The van der Waals surface area contributed by atoms with Crippen molar-refractivity contribution in [1.82, 2.24) is 0 Å². The molecule has 0 amide bonds. The van der Waals surface area contributed by atoms with Crippen molar-refractivity contribution in [3.63, 3.8) is 0 Å².